The van der Waals surface area contributed by atoms with Crippen LogP contribution in [0.2, 0.25) is 0 Å². The van der Waals surface area contributed by atoms with Crippen molar-refractivity contribution in [1.29, 1.82) is 0 Å². The highest BCUT2D eigenvalue weighted by Crippen LogP contribution is 2.35. The van der Waals surface area contributed by atoms with Gasteiger partial charge in [0.25, 0.3) is 5.91 Å². The number of H-pyrrole nitrogens is 2. The molecule has 186 valence electrons. The van der Waals surface area contributed by atoms with Gasteiger partial charge in [0.05, 0.1) is 16.7 Å². The van der Waals surface area contributed by atoms with Crippen LogP contribution in [0.1, 0.15) is 17.4 Å². The van der Waals surface area contributed by atoms with Crippen LogP contribution in [0.25, 0.3) is 28.0 Å². The number of ether oxygens (including phenoxy) is 1. The van der Waals surface area contributed by atoms with Crippen LogP contribution in [-0.4, -0.2) is 43.7 Å². The normalized spacial score (nSPS) is 15.7. The van der Waals surface area contributed by atoms with Crippen molar-refractivity contribution < 1.29 is 18.3 Å². The molecule has 3 heterocycles. The van der Waals surface area contributed by atoms with Gasteiger partial charge in [0, 0.05) is 23.9 Å². The monoisotopic (exact) mass is 501 g/mol. The first-order valence-electron chi connectivity index (χ1n) is 11.7. The fraction of sp³-hybridized carbons (Fsp3) is 0.148. The van der Waals surface area contributed by atoms with E-state index >= 15 is 0 Å². The third-order valence-electron chi connectivity index (χ3n) is 6.41. The zero-order chi connectivity index (χ0) is 25.5. The first-order valence-corrected chi connectivity index (χ1v) is 11.7. The van der Waals surface area contributed by atoms with Crippen molar-refractivity contribution in [1.82, 2.24) is 24.6 Å². The number of nitrogens with one attached hydrogen (secondary N) is 2. The van der Waals surface area contributed by atoms with Gasteiger partial charge in [0.15, 0.2) is 6.23 Å². The molecule has 0 spiro atoms. The molecule has 0 radical (unpaired) electrons. The van der Waals surface area contributed by atoms with Crippen molar-refractivity contribution in [2.75, 3.05) is 13.2 Å². The van der Waals surface area contributed by atoms with Crippen LogP contribution < -0.4 is 5.69 Å². The Labute approximate surface area is 209 Å². The molecule has 0 aliphatic carbocycles. The summed E-state index contributed by atoms with van der Waals surface area (Å²) in [5.41, 5.74) is 4.52. The summed E-state index contributed by atoms with van der Waals surface area (Å²) in [7, 11) is 0. The molecule has 1 aliphatic rings. The number of carbonyl (C=O) groups excluding carboxylic acids is 1. The Morgan fingerprint density at radius 2 is 1.62 bits per heavy atom. The van der Waals surface area contributed by atoms with E-state index in [1.54, 1.807) is 40.0 Å². The lowest BCUT2D eigenvalue weighted by Crippen LogP contribution is -2.30. The Kier molecular flexibility index (Phi) is 5.65. The Bertz CT molecular complexity index is 1650. The van der Waals surface area contributed by atoms with Crippen molar-refractivity contribution in [3.05, 3.63) is 106 Å². The zero-order valence-corrected chi connectivity index (χ0v) is 19.4. The smallest absolute Gasteiger partial charge is 0.323 e. The number of benzene rings is 3. The SMILES string of the molecule is O=C1CO[C@H](c2cn(-c3ccc(F)cc3)nc2-c2ccc(F)cc2)N1CCc1ccc2[nH]c(=O)[nH]c2c1. The summed E-state index contributed by atoms with van der Waals surface area (Å²) in [6.07, 6.45) is 1.57. The van der Waals surface area contributed by atoms with Crippen LogP contribution in [0.3, 0.4) is 0 Å². The highest BCUT2D eigenvalue weighted by Gasteiger charge is 2.36. The second-order valence-corrected chi connectivity index (χ2v) is 8.82. The summed E-state index contributed by atoms with van der Waals surface area (Å²) in [5, 5.41) is 4.69. The quantitative estimate of drug-likeness (QED) is 0.366. The van der Waals surface area contributed by atoms with Gasteiger partial charge in [-0.05, 0) is 72.6 Å². The summed E-state index contributed by atoms with van der Waals surface area (Å²) in [5.74, 6) is -0.911. The maximum absolute atomic E-state index is 13.6. The van der Waals surface area contributed by atoms with E-state index in [1.165, 1.54) is 24.3 Å². The fourth-order valence-electron chi connectivity index (χ4n) is 4.56. The van der Waals surface area contributed by atoms with E-state index in [0.717, 1.165) is 5.56 Å². The lowest BCUT2D eigenvalue weighted by molar-refractivity contribution is -0.128. The van der Waals surface area contributed by atoms with E-state index in [2.05, 4.69) is 15.1 Å². The minimum Gasteiger partial charge on any atom is -0.344 e. The number of aromatic nitrogens is 4. The second kappa shape index (κ2) is 9.14. The maximum atomic E-state index is 13.6. The van der Waals surface area contributed by atoms with Crippen molar-refractivity contribution in [2.45, 2.75) is 12.6 Å². The van der Waals surface area contributed by atoms with Crippen LogP contribution in [0.15, 0.2) is 77.7 Å². The summed E-state index contributed by atoms with van der Waals surface area (Å²) >= 11 is 0. The Hall–Kier alpha value is -4.57. The molecule has 1 saturated heterocycles. The molecular formula is C27H21F2N5O3. The maximum Gasteiger partial charge on any atom is 0.323 e. The van der Waals surface area contributed by atoms with E-state index in [0.29, 0.717) is 46.5 Å². The van der Waals surface area contributed by atoms with Gasteiger partial charge in [-0.15, -0.1) is 0 Å². The number of halogens is 2. The third-order valence-corrected chi connectivity index (χ3v) is 6.41. The molecule has 0 unspecified atom stereocenters. The molecular weight excluding hydrogens is 480 g/mol. The molecule has 2 aromatic heterocycles. The standard InChI is InChI=1S/C27H21F2N5O3/c28-18-4-2-17(3-5-18)25-21(14-34(32-25)20-8-6-19(29)7-9-20)26-33(24(35)15-37-26)12-11-16-1-10-22-23(13-16)31-27(36)30-22/h1-10,13-14,26H,11-12,15H2,(H2,30,31,36)/t26-/m1/s1. The Balaban J connectivity index is 1.34. The van der Waals surface area contributed by atoms with Gasteiger partial charge in [0.1, 0.15) is 23.9 Å². The first kappa shape index (κ1) is 22.9. The predicted molar refractivity (Wildman–Crippen MR) is 132 cm³/mol. The molecule has 6 rings (SSSR count). The lowest BCUT2D eigenvalue weighted by atomic mass is 10.1. The van der Waals surface area contributed by atoms with Gasteiger partial charge < -0.3 is 19.6 Å². The van der Waals surface area contributed by atoms with Gasteiger partial charge in [0.2, 0.25) is 0 Å². The van der Waals surface area contributed by atoms with Crippen LogP contribution >= 0.6 is 0 Å². The number of rotatable bonds is 6. The van der Waals surface area contributed by atoms with Crippen molar-refractivity contribution in [3.63, 3.8) is 0 Å². The van der Waals surface area contributed by atoms with E-state index in [4.69, 9.17) is 4.74 Å². The molecule has 37 heavy (non-hydrogen) atoms. The van der Waals surface area contributed by atoms with E-state index in [9.17, 15) is 18.4 Å². The number of carbonyl (C=O) groups is 1. The Morgan fingerprint density at radius 3 is 2.38 bits per heavy atom. The minimum absolute atomic E-state index is 0.0839. The molecule has 1 aliphatic heterocycles. The Morgan fingerprint density at radius 1 is 0.919 bits per heavy atom. The topological polar surface area (TPSA) is 96.0 Å². The first-order chi connectivity index (χ1) is 17.9. The molecule has 0 saturated carbocycles. The average Bonchev–Trinajstić information content (AvgIpc) is 3.59. The van der Waals surface area contributed by atoms with Crippen molar-refractivity contribution in [2.24, 2.45) is 0 Å². The average molecular weight is 501 g/mol. The number of fused-ring (bicyclic) bond motifs is 1. The van der Waals surface area contributed by atoms with E-state index in [1.807, 2.05) is 18.2 Å². The number of amides is 1. The van der Waals surface area contributed by atoms with Gasteiger partial charge in [-0.3, -0.25) is 4.79 Å². The predicted octanol–water partition coefficient (Wildman–Crippen LogP) is 4.09. The molecule has 1 fully saturated rings. The van der Waals surface area contributed by atoms with Gasteiger partial charge >= 0.3 is 5.69 Å². The summed E-state index contributed by atoms with van der Waals surface area (Å²) in [6, 6.07) is 17.4. The van der Waals surface area contributed by atoms with Gasteiger partial charge in [-0.2, -0.15) is 5.10 Å². The van der Waals surface area contributed by atoms with Gasteiger partial charge in [-0.1, -0.05) is 6.07 Å². The number of aromatic amines is 2. The summed E-state index contributed by atoms with van der Waals surface area (Å²) < 4.78 is 34.6. The van der Waals surface area contributed by atoms with Crippen molar-refractivity contribution in [3.8, 4) is 16.9 Å². The molecule has 3 aromatic carbocycles. The zero-order valence-electron chi connectivity index (χ0n) is 19.4. The molecule has 2 N–H and O–H groups in total. The minimum atomic E-state index is -0.711. The molecule has 1 atom stereocenters. The van der Waals surface area contributed by atoms with Crippen LogP contribution in [0.5, 0.6) is 0 Å². The largest absolute Gasteiger partial charge is 0.344 e. The van der Waals surface area contributed by atoms with Crippen molar-refractivity contribution >= 4 is 16.9 Å². The van der Waals surface area contributed by atoms with Crippen LogP contribution in [0, 0.1) is 11.6 Å². The van der Waals surface area contributed by atoms with Crippen LogP contribution in [-0.2, 0) is 16.0 Å². The second-order valence-electron chi connectivity index (χ2n) is 8.82. The lowest BCUT2D eigenvalue weighted by Gasteiger charge is -2.23. The van der Waals surface area contributed by atoms with Crippen LogP contribution in [0.4, 0.5) is 8.78 Å². The number of hydrogen-bond acceptors (Lipinski definition) is 4. The van der Waals surface area contributed by atoms with E-state index < -0.39 is 6.23 Å². The third kappa shape index (κ3) is 4.43. The summed E-state index contributed by atoms with van der Waals surface area (Å²) in [6.45, 7) is 0.285. The molecule has 1 amide bonds. The molecule has 0 bridgehead atoms. The number of nitrogens with zero attached hydrogens (tertiary/aromatic N) is 3. The highest BCUT2D eigenvalue weighted by molar-refractivity contribution is 5.80. The molecule has 10 heteroatoms. The molecule has 5 aromatic rings. The number of imidazole rings is 1. The fourth-order valence-corrected chi connectivity index (χ4v) is 4.56. The summed E-state index contributed by atoms with van der Waals surface area (Å²) in [4.78, 5) is 31.5. The molecule has 8 nitrogen and oxygen atoms in total. The van der Waals surface area contributed by atoms with E-state index in [-0.39, 0.29) is 29.8 Å². The van der Waals surface area contributed by atoms with Gasteiger partial charge in [-0.25, -0.2) is 18.3 Å². The highest BCUT2D eigenvalue weighted by atomic mass is 19.1. The number of hydrogen-bond donors (Lipinski definition) is 2.